The Hall–Kier alpha value is -1.62. The van der Waals surface area contributed by atoms with Crippen LogP contribution >= 0.6 is 15.9 Å². The van der Waals surface area contributed by atoms with Gasteiger partial charge in [0.25, 0.3) is 0 Å². The van der Waals surface area contributed by atoms with Gasteiger partial charge in [0.1, 0.15) is 5.82 Å². The van der Waals surface area contributed by atoms with Gasteiger partial charge in [-0.15, -0.1) is 13.2 Å². The standard InChI is InChI=1S/C15H17BrFNO2/c1-3-5-9-18(15(19)20)12(4-2)10-11-7-6-8-13(16)14(11)17/h3-4,6-8,12H,1-2,5,9-10H2,(H,19,20). The summed E-state index contributed by atoms with van der Waals surface area (Å²) in [5.41, 5.74) is 0.453. The molecule has 1 unspecified atom stereocenters. The van der Waals surface area contributed by atoms with Crippen molar-refractivity contribution < 1.29 is 14.3 Å². The van der Waals surface area contributed by atoms with Crippen LogP contribution in [0, 0.1) is 5.82 Å². The Bertz CT molecular complexity index is 505. The van der Waals surface area contributed by atoms with Gasteiger partial charge in [-0.05, 0) is 40.4 Å². The molecule has 0 saturated carbocycles. The number of carboxylic acid groups (broad SMARTS) is 1. The van der Waals surface area contributed by atoms with E-state index in [0.29, 0.717) is 23.0 Å². The van der Waals surface area contributed by atoms with Crippen molar-refractivity contribution in [2.24, 2.45) is 0 Å². The fraction of sp³-hybridized carbons (Fsp3) is 0.267. The zero-order valence-electron chi connectivity index (χ0n) is 11.1. The van der Waals surface area contributed by atoms with Crippen molar-refractivity contribution in [3.8, 4) is 0 Å². The van der Waals surface area contributed by atoms with Gasteiger partial charge in [-0.2, -0.15) is 0 Å². The van der Waals surface area contributed by atoms with Gasteiger partial charge in [0.05, 0.1) is 10.5 Å². The summed E-state index contributed by atoms with van der Waals surface area (Å²) in [5, 5.41) is 9.24. The zero-order chi connectivity index (χ0) is 15.1. The van der Waals surface area contributed by atoms with E-state index in [4.69, 9.17) is 0 Å². The van der Waals surface area contributed by atoms with Crippen LogP contribution in [0.5, 0.6) is 0 Å². The molecule has 0 spiro atoms. The molecule has 3 nitrogen and oxygen atoms in total. The molecule has 1 N–H and O–H groups in total. The number of hydrogen-bond donors (Lipinski definition) is 1. The summed E-state index contributed by atoms with van der Waals surface area (Å²) in [6, 6.07) is 4.49. The van der Waals surface area contributed by atoms with Crippen molar-refractivity contribution >= 4 is 22.0 Å². The highest BCUT2D eigenvalue weighted by molar-refractivity contribution is 9.10. The summed E-state index contributed by atoms with van der Waals surface area (Å²) in [7, 11) is 0. The van der Waals surface area contributed by atoms with Crippen LogP contribution in [0.25, 0.3) is 0 Å². The van der Waals surface area contributed by atoms with E-state index in [1.165, 1.54) is 11.0 Å². The van der Waals surface area contributed by atoms with Crippen molar-refractivity contribution in [2.75, 3.05) is 6.54 Å². The van der Waals surface area contributed by atoms with E-state index in [9.17, 15) is 14.3 Å². The van der Waals surface area contributed by atoms with Crippen LogP contribution in [0.2, 0.25) is 0 Å². The Kier molecular flexibility index (Phi) is 6.45. The fourth-order valence-electron chi connectivity index (χ4n) is 1.89. The van der Waals surface area contributed by atoms with Crippen LogP contribution in [0.3, 0.4) is 0 Å². The van der Waals surface area contributed by atoms with Gasteiger partial charge in [-0.1, -0.05) is 24.3 Å². The maximum absolute atomic E-state index is 14.0. The normalized spacial score (nSPS) is 11.7. The van der Waals surface area contributed by atoms with E-state index < -0.39 is 12.1 Å². The monoisotopic (exact) mass is 341 g/mol. The molecule has 0 heterocycles. The number of benzene rings is 1. The van der Waals surface area contributed by atoms with Crippen molar-refractivity contribution in [3.05, 3.63) is 59.4 Å². The first-order chi connectivity index (χ1) is 9.51. The molecule has 0 bridgehead atoms. The molecule has 0 aliphatic rings. The maximum atomic E-state index is 14.0. The highest BCUT2D eigenvalue weighted by Crippen LogP contribution is 2.21. The lowest BCUT2D eigenvalue weighted by Crippen LogP contribution is -2.40. The predicted octanol–water partition coefficient (Wildman–Crippen LogP) is 4.24. The molecule has 0 fully saturated rings. The number of nitrogens with zero attached hydrogens (tertiary/aromatic N) is 1. The summed E-state index contributed by atoms with van der Waals surface area (Å²) >= 11 is 3.12. The molecular weight excluding hydrogens is 325 g/mol. The summed E-state index contributed by atoms with van der Waals surface area (Å²) < 4.78 is 14.3. The van der Waals surface area contributed by atoms with Gasteiger partial charge in [-0.3, -0.25) is 0 Å². The van der Waals surface area contributed by atoms with Gasteiger partial charge >= 0.3 is 6.09 Å². The third-order valence-electron chi connectivity index (χ3n) is 2.95. The highest BCUT2D eigenvalue weighted by atomic mass is 79.9. The molecule has 0 aliphatic carbocycles. The lowest BCUT2D eigenvalue weighted by atomic mass is 10.0. The van der Waals surface area contributed by atoms with Crippen LogP contribution in [-0.2, 0) is 6.42 Å². The van der Waals surface area contributed by atoms with Crippen molar-refractivity contribution in [3.63, 3.8) is 0 Å². The van der Waals surface area contributed by atoms with Gasteiger partial charge in [-0.25, -0.2) is 9.18 Å². The predicted molar refractivity (Wildman–Crippen MR) is 81.3 cm³/mol. The van der Waals surface area contributed by atoms with E-state index in [1.54, 1.807) is 24.3 Å². The Balaban J connectivity index is 2.93. The SMILES string of the molecule is C=CCCN(C(=O)O)C(C=C)Cc1cccc(Br)c1F. The molecule has 20 heavy (non-hydrogen) atoms. The van der Waals surface area contributed by atoms with E-state index in [2.05, 4.69) is 29.1 Å². The number of amides is 1. The molecule has 0 radical (unpaired) electrons. The Labute approximate surface area is 126 Å². The number of carbonyl (C=O) groups is 1. The zero-order valence-corrected chi connectivity index (χ0v) is 12.6. The highest BCUT2D eigenvalue weighted by Gasteiger charge is 2.21. The van der Waals surface area contributed by atoms with Crippen LogP contribution in [-0.4, -0.2) is 28.7 Å². The minimum Gasteiger partial charge on any atom is -0.465 e. The molecular formula is C15H17BrFNO2. The average Bonchev–Trinajstić information content (AvgIpc) is 2.42. The molecule has 1 rings (SSSR count). The quantitative estimate of drug-likeness (QED) is 0.753. The number of halogens is 2. The van der Waals surface area contributed by atoms with Crippen molar-refractivity contribution in [1.29, 1.82) is 0 Å². The number of rotatable bonds is 7. The molecule has 1 atom stereocenters. The molecule has 1 aromatic rings. The van der Waals surface area contributed by atoms with Gasteiger partial charge in [0.15, 0.2) is 0 Å². The van der Waals surface area contributed by atoms with E-state index in [0.717, 1.165) is 0 Å². The Morgan fingerprint density at radius 2 is 2.20 bits per heavy atom. The van der Waals surface area contributed by atoms with E-state index in [1.807, 2.05) is 0 Å². The molecule has 0 aliphatic heterocycles. The maximum Gasteiger partial charge on any atom is 0.407 e. The lowest BCUT2D eigenvalue weighted by molar-refractivity contribution is 0.134. The topological polar surface area (TPSA) is 40.5 Å². The van der Waals surface area contributed by atoms with Crippen LogP contribution in [0.15, 0.2) is 48.0 Å². The minimum absolute atomic E-state index is 0.248. The third kappa shape index (κ3) is 4.20. The van der Waals surface area contributed by atoms with E-state index >= 15 is 0 Å². The molecule has 0 aromatic heterocycles. The lowest BCUT2D eigenvalue weighted by Gasteiger charge is -2.27. The molecule has 1 aromatic carbocycles. The first-order valence-electron chi connectivity index (χ1n) is 6.17. The van der Waals surface area contributed by atoms with Crippen LogP contribution in [0.1, 0.15) is 12.0 Å². The second-order valence-electron chi connectivity index (χ2n) is 4.27. The van der Waals surface area contributed by atoms with Crippen LogP contribution < -0.4 is 0 Å². The second kappa shape index (κ2) is 7.85. The molecule has 5 heteroatoms. The van der Waals surface area contributed by atoms with Gasteiger partial charge in [0.2, 0.25) is 0 Å². The summed E-state index contributed by atoms with van der Waals surface area (Å²) in [4.78, 5) is 12.5. The molecule has 0 saturated heterocycles. The van der Waals surface area contributed by atoms with Gasteiger partial charge < -0.3 is 10.0 Å². The van der Waals surface area contributed by atoms with E-state index in [-0.39, 0.29) is 12.2 Å². The third-order valence-corrected chi connectivity index (χ3v) is 3.57. The molecule has 1 amide bonds. The minimum atomic E-state index is -1.05. The van der Waals surface area contributed by atoms with Crippen LogP contribution in [0.4, 0.5) is 9.18 Å². The molecule has 108 valence electrons. The van der Waals surface area contributed by atoms with Gasteiger partial charge in [0, 0.05) is 6.54 Å². The Morgan fingerprint density at radius 3 is 2.75 bits per heavy atom. The first-order valence-corrected chi connectivity index (χ1v) is 6.96. The summed E-state index contributed by atoms with van der Waals surface area (Å²) in [6.07, 6.45) is 2.91. The Morgan fingerprint density at radius 1 is 1.50 bits per heavy atom. The average molecular weight is 342 g/mol. The van der Waals surface area contributed by atoms with Crippen molar-refractivity contribution in [1.82, 2.24) is 4.90 Å². The largest absolute Gasteiger partial charge is 0.465 e. The summed E-state index contributed by atoms with van der Waals surface area (Å²) in [6.45, 7) is 7.54. The summed E-state index contributed by atoms with van der Waals surface area (Å²) in [5.74, 6) is -0.367. The fourth-order valence-corrected chi connectivity index (χ4v) is 2.29. The number of hydrogen-bond acceptors (Lipinski definition) is 1. The second-order valence-corrected chi connectivity index (χ2v) is 5.13. The smallest absolute Gasteiger partial charge is 0.407 e. The van der Waals surface area contributed by atoms with Crippen molar-refractivity contribution in [2.45, 2.75) is 18.9 Å². The first kappa shape index (κ1) is 16.4.